The molecule has 3 aliphatic rings. The minimum absolute atomic E-state index is 0.0321. The monoisotopic (exact) mass is 280 g/mol. The van der Waals surface area contributed by atoms with Crippen molar-refractivity contribution in [2.75, 3.05) is 13.1 Å². The summed E-state index contributed by atoms with van der Waals surface area (Å²) in [5.41, 5.74) is 0. The Morgan fingerprint density at radius 3 is 2.10 bits per heavy atom. The molecule has 1 heterocycles. The van der Waals surface area contributed by atoms with Crippen LogP contribution in [0.3, 0.4) is 0 Å². The summed E-state index contributed by atoms with van der Waals surface area (Å²) in [5, 5.41) is 13.7. The van der Waals surface area contributed by atoms with Gasteiger partial charge in [0.1, 0.15) is 0 Å². The molecule has 3 fully saturated rings. The molecule has 0 radical (unpaired) electrons. The van der Waals surface area contributed by atoms with Gasteiger partial charge in [-0.05, 0) is 64.2 Å². The van der Waals surface area contributed by atoms with Crippen LogP contribution in [0.2, 0.25) is 0 Å². The number of hydrogen-bond donors (Lipinski definition) is 2. The van der Waals surface area contributed by atoms with E-state index in [1.54, 1.807) is 0 Å². The standard InChI is InChI=1S/C17H32N2O/c1-12(2)19-10-13-4-3-5-14(11-19)17(13)18-15-6-8-16(20)9-7-15/h12-18,20H,3-11H2,1-2H3. The van der Waals surface area contributed by atoms with E-state index in [2.05, 4.69) is 24.1 Å². The van der Waals surface area contributed by atoms with Crippen LogP contribution in [0.4, 0.5) is 0 Å². The van der Waals surface area contributed by atoms with Crippen molar-refractivity contribution in [3.8, 4) is 0 Å². The maximum absolute atomic E-state index is 9.66. The minimum atomic E-state index is -0.0321. The van der Waals surface area contributed by atoms with Crippen LogP contribution in [0.25, 0.3) is 0 Å². The van der Waals surface area contributed by atoms with Crippen molar-refractivity contribution in [2.45, 2.75) is 83.0 Å². The molecule has 1 saturated heterocycles. The zero-order chi connectivity index (χ0) is 14.1. The summed E-state index contributed by atoms with van der Waals surface area (Å²) in [6.07, 6.45) is 8.56. The fraction of sp³-hybridized carbons (Fsp3) is 1.00. The molecule has 3 rings (SSSR count). The number of hydrogen-bond acceptors (Lipinski definition) is 3. The van der Waals surface area contributed by atoms with E-state index in [-0.39, 0.29) is 6.10 Å². The van der Waals surface area contributed by atoms with Crippen LogP contribution in [0.1, 0.15) is 58.8 Å². The van der Waals surface area contributed by atoms with Crippen molar-refractivity contribution in [2.24, 2.45) is 11.8 Å². The van der Waals surface area contributed by atoms with Crippen LogP contribution in [0.5, 0.6) is 0 Å². The zero-order valence-electron chi connectivity index (χ0n) is 13.2. The van der Waals surface area contributed by atoms with E-state index < -0.39 is 0 Å². The van der Waals surface area contributed by atoms with Gasteiger partial charge in [-0.2, -0.15) is 0 Å². The third-order valence-corrected chi connectivity index (χ3v) is 5.96. The van der Waals surface area contributed by atoms with E-state index in [9.17, 15) is 5.11 Å². The van der Waals surface area contributed by atoms with Crippen LogP contribution < -0.4 is 5.32 Å². The SMILES string of the molecule is CC(C)N1CC2CCCC(C1)C2NC1CCC(O)CC1. The molecular formula is C17H32N2O. The highest BCUT2D eigenvalue weighted by atomic mass is 16.3. The number of rotatable bonds is 3. The van der Waals surface area contributed by atoms with Crippen LogP contribution >= 0.6 is 0 Å². The summed E-state index contributed by atoms with van der Waals surface area (Å²) in [6.45, 7) is 7.26. The number of aliphatic hydroxyl groups is 1. The zero-order valence-corrected chi connectivity index (χ0v) is 13.2. The molecule has 2 bridgehead atoms. The summed E-state index contributed by atoms with van der Waals surface area (Å²) in [6, 6.07) is 2.11. The van der Waals surface area contributed by atoms with Gasteiger partial charge < -0.3 is 15.3 Å². The number of aliphatic hydroxyl groups excluding tert-OH is 1. The first-order valence-electron chi connectivity index (χ1n) is 8.81. The molecule has 2 N–H and O–H groups in total. The van der Waals surface area contributed by atoms with Crippen LogP contribution in [0, 0.1) is 11.8 Å². The number of nitrogens with zero attached hydrogens (tertiary/aromatic N) is 1. The van der Waals surface area contributed by atoms with E-state index >= 15 is 0 Å². The lowest BCUT2D eigenvalue weighted by molar-refractivity contribution is 0.0189. The maximum atomic E-state index is 9.66. The second-order valence-corrected chi connectivity index (χ2v) is 7.70. The third-order valence-electron chi connectivity index (χ3n) is 5.96. The largest absolute Gasteiger partial charge is 0.393 e. The summed E-state index contributed by atoms with van der Waals surface area (Å²) < 4.78 is 0. The second kappa shape index (κ2) is 6.33. The lowest BCUT2D eigenvalue weighted by atomic mass is 9.72. The molecule has 2 unspecified atom stereocenters. The van der Waals surface area contributed by atoms with Crippen molar-refractivity contribution in [1.29, 1.82) is 0 Å². The van der Waals surface area contributed by atoms with Gasteiger partial charge >= 0.3 is 0 Å². The quantitative estimate of drug-likeness (QED) is 0.833. The predicted molar refractivity (Wildman–Crippen MR) is 82.7 cm³/mol. The normalized spacial score (nSPS) is 42.9. The highest BCUT2D eigenvalue weighted by Crippen LogP contribution is 2.36. The van der Waals surface area contributed by atoms with E-state index in [0.717, 1.165) is 30.7 Å². The highest BCUT2D eigenvalue weighted by Gasteiger charge is 2.40. The van der Waals surface area contributed by atoms with Gasteiger partial charge in [-0.15, -0.1) is 0 Å². The van der Waals surface area contributed by atoms with Gasteiger partial charge in [-0.1, -0.05) is 6.42 Å². The Labute approximate surface area is 124 Å². The van der Waals surface area contributed by atoms with Crippen molar-refractivity contribution >= 4 is 0 Å². The van der Waals surface area contributed by atoms with Crippen LogP contribution in [0.15, 0.2) is 0 Å². The molecule has 116 valence electrons. The van der Waals surface area contributed by atoms with Gasteiger partial charge in [0.15, 0.2) is 0 Å². The van der Waals surface area contributed by atoms with E-state index in [0.29, 0.717) is 12.1 Å². The molecule has 20 heavy (non-hydrogen) atoms. The summed E-state index contributed by atoms with van der Waals surface area (Å²) in [5.74, 6) is 1.72. The summed E-state index contributed by atoms with van der Waals surface area (Å²) >= 11 is 0. The van der Waals surface area contributed by atoms with Crippen molar-refractivity contribution in [3.05, 3.63) is 0 Å². The number of nitrogens with one attached hydrogen (secondary N) is 1. The van der Waals surface area contributed by atoms with E-state index in [1.165, 1.54) is 45.2 Å². The lowest BCUT2D eigenvalue weighted by Gasteiger charge is -2.50. The molecule has 1 aliphatic heterocycles. The fourth-order valence-corrected chi connectivity index (χ4v) is 4.68. The second-order valence-electron chi connectivity index (χ2n) is 7.70. The Kier molecular flexibility index (Phi) is 4.68. The molecule has 0 amide bonds. The van der Waals surface area contributed by atoms with Gasteiger partial charge in [0.2, 0.25) is 0 Å². The molecule has 0 aromatic rings. The maximum Gasteiger partial charge on any atom is 0.0541 e. The smallest absolute Gasteiger partial charge is 0.0541 e. The van der Waals surface area contributed by atoms with Crippen LogP contribution in [-0.2, 0) is 0 Å². The van der Waals surface area contributed by atoms with Crippen molar-refractivity contribution in [1.82, 2.24) is 10.2 Å². The number of fused-ring (bicyclic) bond motifs is 2. The molecule has 2 atom stereocenters. The average molecular weight is 280 g/mol. The average Bonchev–Trinajstić information content (AvgIpc) is 2.40. The van der Waals surface area contributed by atoms with Gasteiger partial charge in [0.25, 0.3) is 0 Å². The third kappa shape index (κ3) is 3.20. The Hall–Kier alpha value is -0.120. The molecular weight excluding hydrogens is 248 g/mol. The van der Waals surface area contributed by atoms with E-state index in [1.807, 2.05) is 0 Å². The van der Waals surface area contributed by atoms with Crippen molar-refractivity contribution < 1.29 is 5.11 Å². The Morgan fingerprint density at radius 1 is 0.950 bits per heavy atom. The number of piperidine rings is 1. The number of likely N-dealkylation sites (tertiary alicyclic amines) is 1. The first kappa shape index (κ1) is 14.8. The fourth-order valence-electron chi connectivity index (χ4n) is 4.68. The first-order valence-corrected chi connectivity index (χ1v) is 8.81. The Bertz CT molecular complexity index is 298. The molecule has 2 saturated carbocycles. The summed E-state index contributed by atoms with van der Waals surface area (Å²) in [7, 11) is 0. The molecule has 3 nitrogen and oxygen atoms in total. The van der Waals surface area contributed by atoms with Gasteiger partial charge in [0.05, 0.1) is 6.10 Å². The molecule has 0 aromatic heterocycles. The molecule has 0 aromatic carbocycles. The van der Waals surface area contributed by atoms with E-state index in [4.69, 9.17) is 0 Å². The molecule has 2 aliphatic carbocycles. The highest BCUT2D eigenvalue weighted by molar-refractivity contribution is 4.97. The predicted octanol–water partition coefficient (Wildman–Crippen LogP) is 2.39. The minimum Gasteiger partial charge on any atom is -0.393 e. The summed E-state index contributed by atoms with van der Waals surface area (Å²) in [4.78, 5) is 2.69. The Morgan fingerprint density at radius 2 is 1.55 bits per heavy atom. The Balaban J connectivity index is 1.59. The van der Waals surface area contributed by atoms with Gasteiger partial charge in [-0.3, -0.25) is 0 Å². The topological polar surface area (TPSA) is 35.5 Å². The molecule has 0 spiro atoms. The molecule has 3 heteroatoms. The lowest BCUT2D eigenvalue weighted by Crippen LogP contribution is -2.60. The van der Waals surface area contributed by atoms with Gasteiger partial charge in [0, 0.05) is 31.2 Å². The van der Waals surface area contributed by atoms with Gasteiger partial charge in [-0.25, -0.2) is 0 Å². The van der Waals surface area contributed by atoms with Crippen LogP contribution in [-0.4, -0.2) is 47.3 Å². The first-order chi connectivity index (χ1) is 9.63. The van der Waals surface area contributed by atoms with Crippen molar-refractivity contribution in [3.63, 3.8) is 0 Å².